The van der Waals surface area contributed by atoms with Crippen LogP contribution in [-0.2, 0) is 0 Å². The smallest absolute Gasteiger partial charge is 0.165 e. The highest BCUT2D eigenvalue weighted by atomic mass is 16.3. The van der Waals surface area contributed by atoms with Gasteiger partial charge in [-0.3, -0.25) is 0 Å². The molecule has 4 rings (SSSR count). The highest BCUT2D eigenvalue weighted by Crippen LogP contribution is 2.60. The van der Waals surface area contributed by atoms with Crippen molar-refractivity contribution in [2.45, 2.75) is 18.9 Å². The predicted molar refractivity (Wildman–Crippen MR) is 65.6 cm³/mol. The van der Waals surface area contributed by atoms with Crippen LogP contribution in [0.3, 0.4) is 0 Å². The fraction of sp³-hybridized carbons (Fsp3) is 0.583. The lowest BCUT2D eigenvalue weighted by molar-refractivity contribution is 0.208. The molecule has 0 aromatic carbocycles. The molecule has 2 heterocycles. The van der Waals surface area contributed by atoms with Crippen LogP contribution in [0.25, 0.3) is 11.2 Å². The van der Waals surface area contributed by atoms with Gasteiger partial charge in [-0.25, -0.2) is 15.0 Å². The SMILES string of the molecule is Nc1ncnc2c1ncn2[C@H]1C[C@@H](CO)[C@@H]2C[C@@H]21. The first-order chi connectivity index (χ1) is 8.79. The number of fused-ring (bicyclic) bond motifs is 2. The number of aliphatic hydroxyl groups is 1. The summed E-state index contributed by atoms with van der Waals surface area (Å²) in [5, 5.41) is 9.37. The molecule has 4 atom stereocenters. The van der Waals surface area contributed by atoms with Crippen molar-refractivity contribution in [3.8, 4) is 0 Å². The van der Waals surface area contributed by atoms with Crippen molar-refractivity contribution in [3.63, 3.8) is 0 Å². The second-order valence-electron chi connectivity index (χ2n) is 5.39. The van der Waals surface area contributed by atoms with E-state index in [4.69, 9.17) is 5.73 Å². The number of nitrogen functional groups attached to an aromatic ring is 1. The van der Waals surface area contributed by atoms with E-state index in [2.05, 4.69) is 19.5 Å². The maximum atomic E-state index is 9.37. The van der Waals surface area contributed by atoms with Gasteiger partial charge < -0.3 is 15.4 Å². The second kappa shape index (κ2) is 3.41. The monoisotopic (exact) mass is 245 g/mol. The van der Waals surface area contributed by atoms with E-state index >= 15 is 0 Å². The first-order valence-corrected chi connectivity index (χ1v) is 6.33. The molecule has 0 unspecified atom stereocenters. The van der Waals surface area contributed by atoms with Crippen molar-refractivity contribution in [1.29, 1.82) is 0 Å². The number of aromatic nitrogens is 4. The lowest BCUT2D eigenvalue weighted by Gasteiger charge is -2.16. The molecule has 0 spiro atoms. The number of nitrogens with zero attached hydrogens (tertiary/aromatic N) is 4. The quantitative estimate of drug-likeness (QED) is 0.808. The summed E-state index contributed by atoms with van der Waals surface area (Å²) in [4.78, 5) is 12.6. The average Bonchev–Trinajstić information content (AvgIpc) is 2.91. The van der Waals surface area contributed by atoms with Gasteiger partial charge in [0.1, 0.15) is 11.8 Å². The van der Waals surface area contributed by atoms with Gasteiger partial charge in [0.05, 0.1) is 6.33 Å². The molecule has 0 bridgehead atoms. The number of rotatable bonds is 2. The average molecular weight is 245 g/mol. The van der Waals surface area contributed by atoms with Crippen LogP contribution < -0.4 is 5.73 Å². The molecule has 0 amide bonds. The van der Waals surface area contributed by atoms with Crippen LogP contribution in [-0.4, -0.2) is 31.2 Å². The summed E-state index contributed by atoms with van der Waals surface area (Å²) in [5.41, 5.74) is 7.30. The Morgan fingerprint density at radius 3 is 2.94 bits per heavy atom. The molecule has 2 aromatic heterocycles. The van der Waals surface area contributed by atoms with Crippen LogP contribution in [0.15, 0.2) is 12.7 Å². The lowest BCUT2D eigenvalue weighted by atomic mass is 10.0. The maximum Gasteiger partial charge on any atom is 0.165 e. The van der Waals surface area contributed by atoms with Gasteiger partial charge in [-0.2, -0.15) is 0 Å². The van der Waals surface area contributed by atoms with Gasteiger partial charge in [-0.05, 0) is 30.6 Å². The number of aliphatic hydroxyl groups excluding tert-OH is 1. The Morgan fingerprint density at radius 2 is 2.17 bits per heavy atom. The summed E-state index contributed by atoms with van der Waals surface area (Å²) in [6.45, 7) is 0.293. The van der Waals surface area contributed by atoms with Crippen molar-refractivity contribution in [2.75, 3.05) is 12.3 Å². The third-order valence-electron chi connectivity index (χ3n) is 4.51. The van der Waals surface area contributed by atoms with Crippen molar-refractivity contribution in [3.05, 3.63) is 12.7 Å². The third-order valence-corrected chi connectivity index (χ3v) is 4.51. The number of hydrogen-bond donors (Lipinski definition) is 2. The van der Waals surface area contributed by atoms with E-state index in [-0.39, 0.29) is 0 Å². The minimum atomic E-state index is 0.293. The Morgan fingerprint density at radius 1 is 1.28 bits per heavy atom. The van der Waals surface area contributed by atoms with E-state index in [1.165, 1.54) is 12.7 Å². The van der Waals surface area contributed by atoms with Gasteiger partial charge in [0.15, 0.2) is 11.5 Å². The van der Waals surface area contributed by atoms with Crippen LogP contribution in [0.1, 0.15) is 18.9 Å². The highest BCUT2D eigenvalue weighted by molar-refractivity contribution is 5.81. The van der Waals surface area contributed by atoms with Gasteiger partial charge in [-0.15, -0.1) is 0 Å². The van der Waals surface area contributed by atoms with E-state index in [0.29, 0.717) is 41.7 Å². The number of imidazole rings is 1. The maximum absolute atomic E-state index is 9.37. The molecule has 2 saturated carbocycles. The van der Waals surface area contributed by atoms with Crippen LogP contribution in [0.5, 0.6) is 0 Å². The standard InChI is InChI=1S/C12H15N5O/c13-11-10-12(15-4-14-11)17(5-16-10)9-1-6(3-18)7-2-8(7)9/h4-9,18H,1-3H2,(H2,13,14,15)/t6-,7-,8-,9-/m0/s1. The number of hydrogen-bond acceptors (Lipinski definition) is 5. The van der Waals surface area contributed by atoms with Crippen LogP contribution in [0.2, 0.25) is 0 Å². The van der Waals surface area contributed by atoms with Crippen molar-refractivity contribution >= 4 is 17.0 Å². The van der Waals surface area contributed by atoms with E-state index in [0.717, 1.165) is 12.1 Å². The van der Waals surface area contributed by atoms with E-state index in [1.54, 1.807) is 0 Å². The fourth-order valence-electron chi connectivity index (χ4n) is 3.52. The summed E-state index contributed by atoms with van der Waals surface area (Å²) < 4.78 is 2.12. The molecule has 2 fully saturated rings. The molecule has 2 aromatic rings. The Hall–Kier alpha value is -1.69. The molecule has 6 heteroatoms. The first-order valence-electron chi connectivity index (χ1n) is 6.33. The predicted octanol–water partition coefficient (Wildman–Crippen LogP) is 0.598. The van der Waals surface area contributed by atoms with E-state index in [1.807, 2.05) is 6.33 Å². The van der Waals surface area contributed by atoms with Crippen molar-refractivity contribution < 1.29 is 5.11 Å². The van der Waals surface area contributed by atoms with Crippen molar-refractivity contribution in [2.24, 2.45) is 17.8 Å². The molecule has 94 valence electrons. The largest absolute Gasteiger partial charge is 0.396 e. The van der Waals surface area contributed by atoms with Crippen LogP contribution in [0, 0.1) is 17.8 Å². The highest BCUT2D eigenvalue weighted by Gasteiger charge is 2.54. The van der Waals surface area contributed by atoms with Gasteiger partial charge in [0.2, 0.25) is 0 Å². The van der Waals surface area contributed by atoms with Gasteiger partial charge in [0.25, 0.3) is 0 Å². The first kappa shape index (κ1) is 10.3. The number of nitrogens with two attached hydrogens (primary N) is 1. The Kier molecular flexibility index (Phi) is 1.94. The molecule has 6 nitrogen and oxygen atoms in total. The molecular formula is C12H15N5O. The lowest BCUT2D eigenvalue weighted by Crippen LogP contribution is -2.12. The normalized spacial score (nSPS) is 33.8. The van der Waals surface area contributed by atoms with Crippen molar-refractivity contribution in [1.82, 2.24) is 19.5 Å². The molecule has 2 aliphatic rings. The third kappa shape index (κ3) is 1.23. The summed E-state index contributed by atoms with van der Waals surface area (Å²) in [6.07, 6.45) is 5.53. The van der Waals surface area contributed by atoms with Gasteiger partial charge in [-0.1, -0.05) is 0 Å². The fourth-order valence-corrected chi connectivity index (χ4v) is 3.52. The summed E-state index contributed by atoms with van der Waals surface area (Å²) in [5.74, 6) is 2.24. The van der Waals surface area contributed by atoms with E-state index < -0.39 is 0 Å². The summed E-state index contributed by atoms with van der Waals surface area (Å²) in [7, 11) is 0. The van der Waals surface area contributed by atoms with Crippen LogP contribution >= 0.6 is 0 Å². The minimum absolute atomic E-state index is 0.293. The zero-order valence-corrected chi connectivity index (χ0v) is 9.90. The Bertz CT molecular complexity index is 610. The van der Waals surface area contributed by atoms with Crippen LogP contribution in [0.4, 0.5) is 5.82 Å². The topological polar surface area (TPSA) is 89.9 Å². The summed E-state index contributed by atoms with van der Waals surface area (Å²) >= 11 is 0. The minimum Gasteiger partial charge on any atom is -0.396 e. The Labute approximate surface area is 104 Å². The second-order valence-corrected chi connectivity index (χ2v) is 5.39. The zero-order chi connectivity index (χ0) is 12.3. The zero-order valence-electron chi connectivity index (χ0n) is 9.90. The molecular weight excluding hydrogens is 230 g/mol. The molecule has 0 saturated heterocycles. The molecule has 0 radical (unpaired) electrons. The Balaban J connectivity index is 1.78. The summed E-state index contributed by atoms with van der Waals surface area (Å²) in [6, 6.07) is 0.409. The van der Waals surface area contributed by atoms with Gasteiger partial charge in [0, 0.05) is 12.6 Å². The van der Waals surface area contributed by atoms with E-state index in [9.17, 15) is 5.11 Å². The molecule has 18 heavy (non-hydrogen) atoms. The molecule has 2 aliphatic carbocycles. The van der Waals surface area contributed by atoms with Gasteiger partial charge >= 0.3 is 0 Å². The molecule has 0 aliphatic heterocycles. The molecule has 3 N–H and O–H groups in total. The number of anilines is 1.